The molecule has 3 N–H and O–H groups in total. The molecule has 0 amide bonds. The minimum Gasteiger partial charge on any atom is -0.496 e. The molecule has 0 aromatic heterocycles. The highest BCUT2D eigenvalue weighted by atomic mass is 35.5. The minimum atomic E-state index is 0.110. The number of ether oxygens (including phenoxy) is 2. The number of benzene rings is 2. The van der Waals surface area contributed by atoms with Crippen LogP contribution < -0.4 is 20.6 Å². The zero-order valence-electron chi connectivity index (χ0n) is 12.5. The van der Waals surface area contributed by atoms with E-state index in [9.17, 15) is 0 Å². The Morgan fingerprint density at radius 1 is 1.35 bits per heavy atom. The number of halogens is 1. The maximum absolute atomic E-state index is 5.94. The van der Waals surface area contributed by atoms with Gasteiger partial charge in [-0.3, -0.25) is 5.43 Å². The number of nitrogens with one attached hydrogen (secondary N) is 1. The molecule has 2 aromatic carbocycles. The molecule has 0 saturated heterocycles. The summed E-state index contributed by atoms with van der Waals surface area (Å²) in [5.74, 6) is 1.42. The maximum atomic E-state index is 5.94. The zero-order valence-corrected chi connectivity index (χ0v) is 14.0. The van der Waals surface area contributed by atoms with Crippen molar-refractivity contribution in [3.63, 3.8) is 0 Å². The van der Waals surface area contributed by atoms with E-state index in [2.05, 4.69) is 22.7 Å². The van der Waals surface area contributed by atoms with Gasteiger partial charge in [0.15, 0.2) is 5.11 Å². The van der Waals surface area contributed by atoms with Crippen LogP contribution in [-0.2, 0) is 6.61 Å². The number of thiocarbonyl (C=S) groups is 1. The lowest BCUT2D eigenvalue weighted by Gasteiger charge is -2.11. The zero-order chi connectivity index (χ0) is 16.7. The third-order valence-electron chi connectivity index (χ3n) is 2.88. The molecule has 2 rings (SSSR count). The molecule has 0 aliphatic carbocycles. The van der Waals surface area contributed by atoms with E-state index in [-0.39, 0.29) is 5.11 Å². The lowest BCUT2D eigenvalue weighted by atomic mass is 10.1. The van der Waals surface area contributed by atoms with Gasteiger partial charge in [0.25, 0.3) is 0 Å². The van der Waals surface area contributed by atoms with Gasteiger partial charge in [-0.2, -0.15) is 5.10 Å². The van der Waals surface area contributed by atoms with Gasteiger partial charge in [-0.05, 0) is 54.2 Å². The first-order valence-corrected chi connectivity index (χ1v) is 7.51. The van der Waals surface area contributed by atoms with Crippen LogP contribution in [0.1, 0.15) is 11.1 Å². The highest BCUT2D eigenvalue weighted by Gasteiger charge is 2.05. The van der Waals surface area contributed by atoms with Crippen molar-refractivity contribution in [3.05, 3.63) is 58.6 Å². The molecule has 0 fully saturated rings. The van der Waals surface area contributed by atoms with Crippen molar-refractivity contribution >= 4 is 35.1 Å². The maximum Gasteiger partial charge on any atom is 0.184 e. The fraction of sp³-hybridized carbons (Fsp3) is 0.125. The molecular weight excluding hydrogens is 334 g/mol. The molecule has 5 nitrogen and oxygen atoms in total. The first kappa shape index (κ1) is 17.1. The summed E-state index contributed by atoms with van der Waals surface area (Å²) in [4.78, 5) is 0. The van der Waals surface area contributed by atoms with Crippen molar-refractivity contribution in [2.24, 2.45) is 10.8 Å². The van der Waals surface area contributed by atoms with Crippen LogP contribution in [0.5, 0.6) is 11.5 Å². The minimum absolute atomic E-state index is 0.110. The van der Waals surface area contributed by atoms with Crippen LogP contribution in [0.2, 0.25) is 5.02 Å². The molecule has 0 unspecified atom stereocenters. The van der Waals surface area contributed by atoms with E-state index in [4.69, 9.17) is 26.8 Å². The summed E-state index contributed by atoms with van der Waals surface area (Å²) >= 11 is 10.6. The van der Waals surface area contributed by atoms with Gasteiger partial charge < -0.3 is 15.2 Å². The first-order chi connectivity index (χ1) is 11.1. The molecular formula is C16H16ClN3O2S. The third kappa shape index (κ3) is 5.43. The summed E-state index contributed by atoms with van der Waals surface area (Å²) in [6.45, 7) is 0.341. The quantitative estimate of drug-likeness (QED) is 0.476. The van der Waals surface area contributed by atoms with Crippen molar-refractivity contribution < 1.29 is 9.47 Å². The van der Waals surface area contributed by atoms with E-state index < -0.39 is 0 Å². The highest BCUT2D eigenvalue weighted by Crippen LogP contribution is 2.23. The molecule has 2 aromatic rings. The lowest BCUT2D eigenvalue weighted by Crippen LogP contribution is -2.24. The predicted octanol–water partition coefficient (Wildman–Crippen LogP) is 3.09. The van der Waals surface area contributed by atoms with Gasteiger partial charge in [0.1, 0.15) is 18.1 Å². The molecule has 120 valence electrons. The summed E-state index contributed by atoms with van der Waals surface area (Å²) in [5, 5.41) is 4.66. The molecule has 0 aliphatic heterocycles. The Morgan fingerprint density at radius 3 is 2.87 bits per heavy atom. The summed E-state index contributed by atoms with van der Waals surface area (Å²) in [7, 11) is 1.61. The SMILES string of the molecule is COc1ccc(C=NNC(N)=S)cc1COc1cccc(Cl)c1. The number of methoxy groups -OCH3 is 1. The van der Waals surface area contributed by atoms with Gasteiger partial charge in [0, 0.05) is 10.6 Å². The van der Waals surface area contributed by atoms with Crippen LogP contribution in [0.4, 0.5) is 0 Å². The number of nitrogens with two attached hydrogens (primary N) is 1. The van der Waals surface area contributed by atoms with Crippen molar-refractivity contribution in [1.29, 1.82) is 0 Å². The number of nitrogens with zero attached hydrogens (tertiary/aromatic N) is 1. The molecule has 0 heterocycles. The average Bonchev–Trinajstić information content (AvgIpc) is 2.53. The molecule has 23 heavy (non-hydrogen) atoms. The first-order valence-electron chi connectivity index (χ1n) is 6.72. The average molecular weight is 350 g/mol. The van der Waals surface area contributed by atoms with Crippen LogP contribution in [0.15, 0.2) is 47.6 Å². The summed E-state index contributed by atoms with van der Waals surface area (Å²) in [5.41, 5.74) is 9.56. The second-order valence-corrected chi connectivity index (χ2v) is 5.43. The van der Waals surface area contributed by atoms with Crippen LogP contribution in [0, 0.1) is 0 Å². The smallest absolute Gasteiger partial charge is 0.184 e. The second-order valence-electron chi connectivity index (χ2n) is 4.55. The van der Waals surface area contributed by atoms with Crippen LogP contribution in [-0.4, -0.2) is 18.4 Å². The van der Waals surface area contributed by atoms with Gasteiger partial charge in [0.05, 0.1) is 13.3 Å². The fourth-order valence-corrected chi connectivity index (χ4v) is 2.11. The van der Waals surface area contributed by atoms with Crippen molar-refractivity contribution in [2.45, 2.75) is 6.61 Å². The fourth-order valence-electron chi connectivity index (χ4n) is 1.88. The number of hydrogen-bond donors (Lipinski definition) is 2. The Kier molecular flexibility index (Phi) is 6.19. The van der Waals surface area contributed by atoms with Gasteiger partial charge in [0.2, 0.25) is 0 Å². The Bertz CT molecular complexity index is 722. The molecule has 0 spiro atoms. The van der Waals surface area contributed by atoms with Crippen LogP contribution >= 0.6 is 23.8 Å². The Hall–Kier alpha value is -2.31. The van der Waals surface area contributed by atoms with E-state index in [1.54, 1.807) is 25.5 Å². The third-order valence-corrected chi connectivity index (χ3v) is 3.21. The molecule has 7 heteroatoms. The van der Waals surface area contributed by atoms with Crippen LogP contribution in [0.3, 0.4) is 0 Å². The van der Waals surface area contributed by atoms with Crippen molar-refractivity contribution in [3.8, 4) is 11.5 Å². The Balaban J connectivity index is 2.12. The molecule has 0 bridgehead atoms. The number of rotatable bonds is 6. The standard InChI is InChI=1S/C16H16ClN3O2S/c1-21-15-6-5-11(9-19-20-16(18)23)7-12(15)10-22-14-4-2-3-13(17)8-14/h2-9H,10H2,1H3,(H3,18,20,23). The summed E-state index contributed by atoms with van der Waals surface area (Å²) in [6.07, 6.45) is 1.61. The van der Waals surface area contributed by atoms with Crippen molar-refractivity contribution in [1.82, 2.24) is 5.43 Å². The lowest BCUT2D eigenvalue weighted by molar-refractivity contribution is 0.296. The molecule has 0 atom stereocenters. The van der Waals surface area contributed by atoms with Gasteiger partial charge in [-0.25, -0.2) is 0 Å². The molecule has 0 saturated carbocycles. The highest BCUT2D eigenvalue weighted by molar-refractivity contribution is 7.80. The topological polar surface area (TPSA) is 68.9 Å². The summed E-state index contributed by atoms with van der Waals surface area (Å²) in [6, 6.07) is 12.8. The number of hydrogen-bond acceptors (Lipinski definition) is 4. The second kappa shape index (κ2) is 8.36. The number of hydrazone groups is 1. The van der Waals surface area contributed by atoms with Crippen LogP contribution in [0.25, 0.3) is 0 Å². The van der Waals surface area contributed by atoms with Gasteiger partial charge >= 0.3 is 0 Å². The Morgan fingerprint density at radius 2 is 2.17 bits per heavy atom. The Labute approximate surface area is 145 Å². The molecule has 0 radical (unpaired) electrons. The largest absolute Gasteiger partial charge is 0.496 e. The van der Waals surface area contributed by atoms with Gasteiger partial charge in [-0.1, -0.05) is 17.7 Å². The molecule has 0 aliphatic rings. The van der Waals surface area contributed by atoms with E-state index in [0.717, 1.165) is 16.9 Å². The predicted molar refractivity (Wildman–Crippen MR) is 96.3 cm³/mol. The monoisotopic (exact) mass is 349 g/mol. The van der Waals surface area contributed by atoms with E-state index in [0.29, 0.717) is 17.4 Å². The van der Waals surface area contributed by atoms with E-state index in [1.807, 2.05) is 30.3 Å². The van der Waals surface area contributed by atoms with Gasteiger partial charge in [-0.15, -0.1) is 0 Å². The van der Waals surface area contributed by atoms with Crippen molar-refractivity contribution in [2.75, 3.05) is 7.11 Å². The normalized spacial score (nSPS) is 10.5. The summed E-state index contributed by atoms with van der Waals surface area (Å²) < 4.78 is 11.1. The van der Waals surface area contributed by atoms with E-state index >= 15 is 0 Å². The van der Waals surface area contributed by atoms with E-state index in [1.165, 1.54) is 0 Å².